The first kappa shape index (κ1) is 15.4. The zero-order valence-corrected chi connectivity index (χ0v) is 12.0. The summed E-state index contributed by atoms with van der Waals surface area (Å²) in [5.41, 5.74) is 0.461. The Morgan fingerprint density at radius 3 is 2.53 bits per heavy atom. The van der Waals surface area contributed by atoms with E-state index in [-0.39, 0.29) is 31.1 Å². The van der Waals surface area contributed by atoms with Crippen molar-refractivity contribution >= 4 is 33.6 Å². The van der Waals surface area contributed by atoms with E-state index >= 15 is 0 Å². The molecule has 0 fully saturated rings. The van der Waals surface area contributed by atoms with Gasteiger partial charge in [-0.25, -0.2) is 0 Å². The van der Waals surface area contributed by atoms with Gasteiger partial charge in [0.15, 0.2) is 5.78 Å². The summed E-state index contributed by atoms with van der Waals surface area (Å²) in [5.74, 6) is -0.991. The lowest BCUT2D eigenvalue weighted by molar-refractivity contribution is -0.141. The molecule has 1 aromatic rings. The van der Waals surface area contributed by atoms with Crippen molar-refractivity contribution in [3.8, 4) is 0 Å². The molecule has 19 heavy (non-hydrogen) atoms. The highest BCUT2D eigenvalue weighted by Crippen LogP contribution is 2.15. The zero-order valence-electron chi connectivity index (χ0n) is 10.4. The number of carbonyl (C=O) groups excluding carboxylic acids is 3. The van der Waals surface area contributed by atoms with Crippen LogP contribution in [0.15, 0.2) is 28.7 Å². The van der Waals surface area contributed by atoms with Crippen molar-refractivity contribution in [1.82, 2.24) is 5.32 Å². The molecule has 1 aromatic carbocycles. The van der Waals surface area contributed by atoms with Crippen molar-refractivity contribution in [3.05, 3.63) is 34.3 Å². The van der Waals surface area contributed by atoms with Crippen LogP contribution < -0.4 is 5.32 Å². The molecule has 6 heteroatoms. The Labute approximate surface area is 119 Å². The predicted molar refractivity (Wildman–Crippen MR) is 72.7 cm³/mol. The molecule has 0 saturated heterocycles. The van der Waals surface area contributed by atoms with Gasteiger partial charge in [-0.2, -0.15) is 0 Å². The maximum absolute atomic E-state index is 11.8. The molecule has 0 aliphatic heterocycles. The minimum atomic E-state index is -0.439. The van der Waals surface area contributed by atoms with Crippen LogP contribution >= 0.6 is 15.9 Å². The van der Waals surface area contributed by atoms with E-state index in [1.807, 2.05) is 0 Å². The van der Waals surface area contributed by atoms with E-state index in [2.05, 4.69) is 26.0 Å². The van der Waals surface area contributed by atoms with Crippen molar-refractivity contribution in [2.45, 2.75) is 12.8 Å². The van der Waals surface area contributed by atoms with Gasteiger partial charge in [0.05, 0.1) is 25.6 Å². The number of nitrogens with one attached hydrogen (secondary N) is 1. The number of methoxy groups -OCH3 is 1. The van der Waals surface area contributed by atoms with Crippen molar-refractivity contribution in [1.29, 1.82) is 0 Å². The molecule has 0 bridgehead atoms. The SMILES string of the molecule is COC(=O)CCC(=O)CNC(=O)c1ccccc1Br. The van der Waals surface area contributed by atoms with E-state index in [0.717, 1.165) is 0 Å². The van der Waals surface area contributed by atoms with Gasteiger partial charge >= 0.3 is 5.97 Å². The van der Waals surface area contributed by atoms with E-state index < -0.39 is 5.97 Å². The fourth-order valence-electron chi connectivity index (χ4n) is 1.35. The average Bonchev–Trinajstić information content (AvgIpc) is 2.42. The van der Waals surface area contributed by atoms with Crippen LogP contribution in [0.3, 0.4) is 0 Å². The van der Waals surface area contributed by atoms with E-state index in [4.69, 9.17) is 0 Å². The highest BCUT2D eigenvalue weighted by Gasteiger charge is 2.11. The second kappa shape index (κ2) is 7.68. The van der Waals surface area contributed by atoms with E-state index in [1.165, 1.54) is 7.11 Å². The Bertz CT molecular complexity index is 487. The Balaban J connectivity index is 2.40. The number of esters is 1. The largest absolute Gasteiger partial charge is 0.469 e. The maximum Gasteiger partial charge on any atom is 0.305 e. The third kappa shape index (κ3) is 5.21. The second-order valence-electron chi connectivity index (χ2n) is 3.78. The third-order valence-electron chi connectivity index (χ3n) is 2.40. The molecule has 0 spiro atoms. The van der Waals surface area contributed by atoms with Gasteiger partial charge in [0.1, 0.15) is 0 Å². The van der Waals surface area contributed by atoms with Crippen LogP contribution in [-0.2, 0) is 14.3 Å². The molecule has 102 valence electrons. The standard InChI is InChI=1S/C13H14BrNO4/c1-19-12(17)7-6-9(16)8-15-13(18)10-4-2-3-5-11(10)14/h2-5H,6-8H2,1H3,(H,15,18). The molecule has 5 nitrogen and oxygen atoms in total. The molecular formula is C13H14BrNO4. The van der Waals surface area contributed by atoms with Crippen molar-refractivity contribution in [3.63, 3.8) is 0 Å². The van der Waals surface area contributed by atoms with Crippen molar-refractivity contribution < 1.29 is 19.1 Å². The number of carbonyl (C=O) groups is 3. The number of amides is 1. The van der Waals surface area contributed by atoms with Crippen LogP contribution in [0, 0.1) is 0 Å². The lowest BCUT2D eigenvalue weighted by Gasteiger charge is -2.06. The van der Waals surface area contributed by atoms with Crippen LogP contribution in [0.4, 0.5) is 0 Å². The average molecular weight is 328 g/mol. The molecule has 1 rings (SSSR count). The maximum atomic E-state index is 11.8. The summed E-state index contributed by atoms with van der Waals surface area (Å²) < 4.78 is 5.09. The van der Waals surface area contributed by atoms with Gasteiger partial charge in [-0.3, -0.25) is 14.4 Å². The number of hydrogen-bond acceptors (Lipinski definition) is 4. The number of rotatable bonds is 6. The number of halogens is 1. The topological polar surface area (TPSA) is 72.5 Å². The van der Waals surface area contributed by atoms with E-state index in [9.17, 15) is 14.4 Å². The van der Waals surface area contributed by atoms with Crippen LogP contribution in [0.25, 0.3) is 0 Å². The first-order valence-corrected chi connectivity index (χ1v) is 6.45. The van der Waals surface area contributed by atoms with Gasteiger partial charge < -0.3 is 10.1 Å². The molecule has 0 atom stereocenters. The lowest BCUT2D eigenvalue weighted by atomic mass is 10.2. The fraction of sp³-hybridized carbons (Fsp3) is 0.308. The number of benzene rings is 1. The summed E-state index contributed by atoms with van der Waals surface area (Å²) >= 11 is 3.26. The van der Waals surface area contributed by atoms with Gasteiger partial charge in [-0.1, -0.05) is 12.1 Å². The lowest BCUT2D eigenvalue weighted by Crippen LogP contribution is -2.30. The molecule has 0 radical (unpaired) electrons. The number of hydrogen-bond donors (Lipinski definition) is 1. The monoisotopic (exact) mass is 327 g/mol. The normalized spacial score (nSPS) is 9.79. The summed E-state index contributed by atoms with van der Waals surface area (Å²) in [6, 6.07) is 6.92. The molecular weight excluding hydrogens is 314 g/mol. The number of ether oxygens (including phenoxy) is 1. The van der Waals surface area contributed by atoms with E-state index in [1.54, 1.807) is 24.3 Å². The summed E-state index contributed by atoms with van der Waals surface area (Å²) in [4.78, 5) is 34.1. The van der Waals surface area contributed by atoms with Gasteiger partial charge in [0.25, 0.3) is 5.91 Å². The van der Waals surface area contributed by atoms with Gasteiger partial charge in [0, 0.05) is 10.9 Å². The van der Waals surface area contributed by atoms with Crippen LogP contribution in [0.5, 0.6) is 0 Å². The first-order valence-electron chi connectivity index (χ1n) is 5.66. The van der Waals surface area contributed by atoms with Crippen LogP contribution in [0.1, 0.15) is 23.2 Å². The Hall–Kier alpha value is -1.69. The Morgan fingerprint density at radius 1 is 1.21 bits per heavy atom. The van der Waals surface area contributed by atoms with Crippen molar-refractivity contribution in [2.24, 2.45) is 0 Å². The molecule has 0 aliphatic rings. The summed E-state index contributed by atoms with van der Waals surface area (Å²) in [6.45, 7) is -0.100. The molecule has 0 unspecified atom stereocenters. The molecule has 1 amide bonds. The van der Waals surface area contributed by atoms with Crippen LogP contribution in [-0.4, -0.2) is 31.3 Å². The quantitative estimate of drug-likeness (QED) is 0.807. The van der Waals surface area contributed by atoms with Gasteiger partial charge in [-0.05, 0) is 28.1 Å². The summed E-state index contributed by atoms with van der Waals surface area (Å²) in [6.07, 6.45) is 0.0865. The minimum Gasteiger partial charge on any atom is -0.469 e. The molecule has 0 aromatic heterocycles. The highest BCUT2D eigenvalue weighted by molar-refractivity contribution is 9.10. The third-order valence-corrected chi connectivity index (χ3v) is 3.09. The highest BCUT2D eigenvalue weighted by atomic mass is 79.9. The van der Waals surface area contributed by atoms with E-state index in [0.29, 0.717) is 10.0 Å². The molecule has 0 saturated carbocycles. The van der Waals surface area contributed by atoms with Gasteiger partial charge in [-0.15, -0.1) is 0 Å². The summed E-state index contributed by atoms with van der Waals surface area (Å²) in [7, 11) is 1.27. The van der Waals surface area contributed by atoms with Crippen LogP contribution in [0.2, 0.25) is 0 Å². The smallest absolute Gasteiger partial charge is 0.305 e. The zero-order chi connectivity index (χ0) is 14.3. The fourth-order valence-corrected chi connectivity index (χ4v) is 1.82. The van der Waals surface area contributed by atoms with Crippen molar-refractivity contribution in [2.75, 3.05) is 13.7 Å². The minimum absolute atomic E-state index is 0.0280. The predicted octanol–water partition coefficient (Wildman–Crippen LogP) is 1.70. The number of ketones is 1. The molecule has 0 aliphatic carbocycles. The second-order valence-corrected chi connectivity index (χ2v) is 4.63. The first-order chi connectivity index (χ1) is 9.04. The number of Topliss-reactive ketones (excluding diaryl/α,β-unsaturated/α-hetero) is 1. The molecule has 0 heterocycles. The Kier molecular flexibility index (Phi) is 6.21. The van der Waals surface area contributed by atoms with Gasteiger partial charge in [0.2, 0.25) is 0 Å². The Morgan fingerprint density at radius 2 is 1.89 bits per heavy atom. The molecule has 1 N–H and O–H groups in total. The summed E-state index contributed by atoms with van der Waals surface area (Å²) in [5, 5.41) is 2.51.